The van der Waals surface area contributed by atoms with E-state index in [1.165, 1.54) is 6.92 Å². The standard InChI is InChI=1S/C21H23ClN4O3S/c1-15(27)29-12-4-7-24-8-10-25(11-9-24)21(28)26-17-5-2-3-6-18(17)30-19-13-16(22)14-23-20(19)26/h2-3,5-6,13-14H,4,7-12H2,1H3. The number of para-hydroxylation sites is 1. The number of piperazine rings is 1. The Balaban J connectivity index is 1.45. The lowest BCUT2D eigenvalue weighted by molar-refractivity contribution is -0.141. The van der Waals surface area contributed by atoms with Crippen molar-refractivity contribution in [1.29, 1.82) is 0 Å². The smallest absolute Gasteiger partial charge is 0.330 e. The highest BCUT2D eigenvalue weighted by molar-refractivity contribution is 7.99. The molecule has 1 fully saturated rings. The van der Waals surface area contributed by atoms with Crippen LogP contribution in [-0.2, 0) is 9.53 Å². The lowest BCUT2D eigenvalue weighted by Gasteiger charge is -2.38. The van der Waals surface area contributed by atoms with E-state index in [4.69, 9.17) is 16.3 Å². The highest BCUT2D eigenvalue weighted by atomic mass is 35.5. The molecule has 0 N–H and O–H groups in total. The summed E-state index contributed by atoms with van der Waals surface area (Å²) in [6.07, 6.45) is 2.37. The van der Waals surface area contributed by atoms with Gasteiger partial charge < -0.3 is 9.64 Å². The number of benzene rings is 1. The van der Waals surface area contributed by atoms with Gasteiger partial charge in [-0.15, -0.1) is 0 Å². The molecular weight excluding hydrogens is 424 g/mol. The van der Waals surface area contributed by atoms with Gasteiger partial charge in [-0.2, -0.15) is 0 Å². The van der Waals surface area contributed by atoms with Crippen LogP contribution in [0.4, 0.5) is 16.3 Å². The number of fused-ring (bicyclic) bond motifs is 2. The number of anilines is 2. The number of rotatable bonds is 4. The topological polar surface area (TPSA) is 66.0 Å². The van der Waals surface area contributed by atoms with Crippen LogP contribution in [0.2, 0.25) is 5.02 Å². The van der Waals surface area contributed by atoms with Gasteiger partial charge in [0, 0.05) is 50.7 Å². The number of amides is 2. The molecule has 9 heteroatoms. The van der Waals surface area contributed by atoms with Gasteiger partial charge >= 0.3 is 12.0 Å². The van der Waals surface area contributed by atoms with Crippen LogP contribution in [0, 0.1) is 0 Å². The summed E-state index contributed by atoms with van der Waals surface area (Å²) in [5, 5.41) is 0.551. The first-order valence-electron chi connectivity index (χ1n) is 9.90. The number of hydrogen-bond acceptors (Lipinski definition) is 6. The Morgan fingerprint density at radius 1 is 1.17 bits per heavy atom. The lowest BCUT2D eigenvalue weighted by atomic mass is 10.2. The molecule has 158 valence electrons. The number of nitrogens with zero attached hydrogens (tertiary/aromatic N) is 4. The third-order valence-corrected chi connectivity index (χ3v) is 6.39. The molecule has 3 heterocycles. The van der Waals surface area contributed by atoms with Gasteiger partial charge in [-0.3, -0.25) is 9.69 Å². The molecule has 2 amide bonds. The molecular formula is C21H23ClN4O3S. The molecule has 1 aromatic carbocycles. The Morgan fingerprint density at radius 2 is 1.93 bits per heavy atom. The maximum Gasteiger partial charge on any atom is 0.330 e. The fraction of sp³-hybridized carbons (Fsp3) is 0.381. The van der Waals surface area contributed by atoms with Gasteiger partial charge in [0.25, 0.3) is 0 Å². The summed E-state index contributed by atoms with van der Waals surface area (Å²) in [5.74, 6) is 0.373. The minimum absolute atomic E-state index is 0.0709. The van der Waals surface area contributed by atoms with Crippen molar-refractivity contribution in [2.24, 2.45) is 0 Å². The second kappa shape index (κ2) is 9.24. The van der Waals surface area contributed by atoms with E-state index in [9.17, 15) is 9.59 Å². The number of pyridine rings is 1. The zero-order valence-electron chi connectivity index (χ0n) is 16.7. The van der Waals surface area contributed by atoms with E-state index in [2.05, 4.69) is 9.88 Å². The molecule has 30 heavy (non-hydrogen) atoms. The minimum Gasteiger partial charge on any atom is -0.466 e. The van der Waals surface area contributed by atoms with Gasteiger partial charge in [-0.1, -0.05) is 35.5 Å². The van der Waals surface area contributed by atoms with Crippen molar-refractivity contribution in [3.63, 3.8) is 0 Å². The Labute approximate surface area is 184 Å². The van der Waals surface area contributed by atoms with Crippen molar-refractivity contribution >= 4 is 46.9 Å². The fourth-order valence-corrected chi connectivity index (χ4v) is 4.91. The van der Waals surface area contributed by atoms with E-state index >= 15 is 0 Å². The van der Waals surface area contributed by atoms with Crippen molar-refractivity contribution in [2.45, 2.75) is 23.1 Å². The number of urea groups is 1. The van der Waals surface area contributed by atoms with Gasteiger partial charge in [-0.25, -0.2) is 14.7 Å². The number of carbonyl (C=O) groups excluding carboxylic acids is 2. The Bertz CT molecular complexity index is 950. The third-order valence-electron chi connectivity index (χ3n) is 5.10. The summed E-state index contributed by atoms with van der Waals surface area (Å²) >= 11 is 7.72. The van der Waals surface area contributed by atoms with Crippen LogP contribution in [0.5, 0.6) is 0 Å². The molecule has 7 nitrogen and oxygen atoms in total. The summed E-state index contributed by atoms with van der Waals surface area (Å²) in [5.41, 5.74) is 0.846. The summed E-state index contributed by atoms with van der Waals surface area (Å²) in [6, 6.07) is 9.63. The Morgan fingerprint density at radius 3 is 2.70 bits per heavy atom. The van der Waals surface area contributed by atoms with Gasteiger partial charge in [-0.05, 0) is 24.6 Å². The van der Waals surface area contributed by atoms with E-state index in [1.807, 2.05) is 35.2 Å². The maximum absolute atomic E-state index is 13.5. The van der Waals surface area contributed by atoms with Gasteiger partial charge in [0.1, 0.15) is 0 Å². The first kappa shape index (κ1) is 21.0. The molecule has 0 atom stereocenters. The van der Waals surface area contributed by atoms with Crippen molar-refractivity contribution in [1.82, 2.24) is 14.8 Å². The van der Waals surface area contributed by atoms with Gasteiger partial charge in [0.2, 0.25) is 0 Å². The van der Waals surface area contributed by atoms with Crippen LogP contribution in [0.3, 0.4) is 0 Å². The Hall–Kier alpha value is -2.29. The summed E-state index contributed by atoms with van der Waals surface area (Å²) < 4.78 is 4.99. The molecule has 0 saturated carbocycles. The Kier molecular flexibility index (Phi) is 6.46. The average Bonchev–Trinajstić information content (AvgIpc) is 2.75. The van der Waals surface area contributed by atoms with E-state index in [1.54, 1.807) is 22.9 Å². The molecule has 2 aliphatic rings. The van der Waals surface area contributed by atoms with Crippen LogP contribution >= 0.6 is 23.4 Å². The molecule has 1 saturated heterocycles. The summed E-state index contributed by atoms with van der Waals surface area (Å²) in [7, 11) is 0. The highest BCUT2D eigenvalue weighted by Crippen LogP contribution is 2.48. The first-order chi connectivity index (χ1) is 14.5. The van der Waals surface area contributed by atoms with Crippen molar-refractivity contribution in [3.05, 3.63) is 41.6 Å². The van der Waals surface area contributed by atoms with Gasteiger partial charge in [0.05, 0.1) is 22.2 Å². The quantitative estimate of drug-likeness (QED) is 0.522. The molecule has 0 aliphatic carbocycles. The van der Waals surface area contributed by atoms with Crippen LogP contribution in [0.1, 0.15) is 13.3 Å². The predicted octanol–water partition coefficient (Wildman–Crippen LogP) is 4.03. The van der Waals surface area contributed by atoms with Crippen LogP contribution < -0.4 is 4.90 Å². The number of esters is 1. The van der Waals surface area contributed by atoms with Crippen molar-refractivity contribution < 1.29 is 14.3 Å². The normalized spacial score (nSPS) is 16.1. The fourth-order valence-electron chi connectivity index (χ4n) is 3.62. The molecule has 0 bridgehead atoms. The van der Waals surface area contributed by atoms with Crippen LogP contribution in [0.15, 0.2) is 46.3 Å². The largest absolute Gasteiger partial charge is 0.466 e. The first-order valence-corrected chi connectivity index (χ1v) is 11.1. The number of halogens is 1. The third kappa shape index (κ3) is 4.55. The van der Waals surface area contributed by atoms with E-state index in [0.29, 0.717) is 30.5 Å². The van der Waals surface area contributed by atoms with E-state index in [0.717, 1.165) is 41.5 Å². The number of ether oxygens (including phenoxy) is 1. The maximum atomic E-state index is 13.5. The highest BCUT2D eigenvalue weighted by Gasteiger charge is 2.33. The second-order valence-corrected chi connectivity index (χ2v) is 8.71. The summed E-state index contributed by atoms with van der Waals surface area (Å²) in [4.78, 5) is 36.6. The van der Waals surface area contributed by atoms with Crippen molar-refractivity contribution in [3.8, 4) is 0 Å². The molecule has 2 aliphatic heterocycles. The molecule has 2 aromatic rings. The number of carbonyl (C=O) groups is 2. The lowest BCUT2D eigenvalue weighted by Crippen LogP contribution is -2.52. The van der Waals surface area contributed by atoms with Crippen LogP contribution in [0.25, 0.3) is 0 Å². The van der Waals surface area contributed by atoms with Gasteiger partial charge in [0.15, 0.2) is 5.82 Å². The average molecular weight is 447 g/mol. The number of aromatic nitrogens is 1. The molecule has 4 rings (SSSR count). The monoisotopic (exact) mass is 446 g/mol. The number of hydrogen-bond donors (Lipinski definition) is 0. The molecule has 0 radical (unpaired) electrons. The van der Waals surface area contributed by atoms with E-state index in [-0.39, 0.29) is 12.0 Å². The second-order valence-electron chi connectivity index (χ2n) is 7.19. The molecule has 1 aromatic heterocycles. The van der Waals surface area contributed by atoms with E-state index < -0.39 is 0 Å². The summed E-state index contributed by atoms with van der Waals surface area (Å²) in [6.45, 7) is 5.56. The SMILES string of the molecule is CC(=O)OCCCN1CCN(C(=O)N2c3ccccc3Sc3cc(Cl)cnc32)CC1. The van der Waals surface area contributed by atoms with Crippen molar-refractivity contribution in [2.75, 3.05) is 44.2 Å². The zero-order valence-corrected chi connectivity index (χ0v) is 18.3. The molecule has 0 spiro atoms. The minimum atomic E-state index is -0.249. The predicted molar refractivity (Wildman–Crippen MR) is 117 cm³/mol. The van der Waals surface area contributed by atoms with Crippen LogP contribution in [-0.4, -0.2) is 66.1 Å². The molecule has 0 unspecified atom stereocenters. The zero-order chi connectivity index (χ0) is 21.1.